The highest BCUT2D eigenvalue weighted by Gasteiger charge is 2.21. The van der Waals surface area contributed by atoms with Gasteiger partial charge in [-0.3, -0.25) is 4.98 Å². The monoisotopic (exact) mass is 311 g/mol. The summed E-state index contributed by atoms with van der Waals surface area (Å²) in [6.45, 7) is 1.90. The first-order chi connectivity index (χ1) is 11.4. The van der Waals surface area contributed by atoms with Crippen molar-refractivity contribution >= 4 is 16.9 Å². The van der Waals surface area contributed by atoms with Crippen molar-refractivity contribution in [3.8, 4) is 0 Å². The number of para-hydroxylation sites is 2. The number of benzene rings is 1. The van der Waals surface area contributed by atoms with Crippen LogP contribution in [0.2, 0.25) is 0 Å². The second-order valence-corrected chi connectivity index (χ2v) is 5.55. The molecule has 0 amide bonds. The number of hydrogen-bond acceptors (Lipinski definition) is 7. The van der Waals surface area contributed by atoms with Gasteiger partial charge in [-0.15, -0.1) is 10.2 Å². The molecule has 1 N–H and O–H groups in total. The van der Waals surface area contributed by atoms with Gasteiger partial charge in [-0.05, 0) is 25.0 Å². The Bertz CT molecular complexity index is 798. The summed E-state index contributed by atoms with van der Waals surface area (Å²) in [5.41, 5.74) is 1.72. The first-order valence-corrected chi connectivity index (χ1v) is 7.74. The van der Waals surface area contributed by atoms with E-state index >= 15 is 0 Å². The molecule has 3 aromatic rings. The van der Waals surface area contributed by atoms with Crippen molar-refractivity contribution in [1.29, 1.82) is 0 Å². The zero-order chi connectivity index (χ0) is 15.5. The van der Waals surface area contributed by atoms with Crippen LogP contribution in [0.3, 0.4) is 0 Å². The highest BCUT2D eigenvalue weighted by Crippen LogP contribution is 2.24. The molecule has 1 aliphatic rings. The van der Waals surface area contributed by atoms with E-state index in [1.807, 2.05) is 24.3 Å². The first-order valence-electron chi connectivity index (χ1n) is 7.74. The van der Waals surface area contributed by atoms with Crippen LogP contribution in [-0.4, -0.2) is 33.4 Å². The Kier molecular flexibility index (Phi) is 3.85. The molecular weight excluding hydrogens is 294 g/mol. The Morgan fingerprint density at radius 1 is 1.17 bits per heavy atom. The molecule has 118 valence electrons. The summed E-state index contributed by atoms with van der Waals surface area (Å²) in [5, 5.41) is 11.4. The van der Waals surface area contributed by atoms with Crippen LogP contribution in [-0.2, 0) is 11.3 Å². The molecule has 4 rings (SSSR count). The van der Waals surface area contributed by atoms with Crippen LogP contribution in [0.1, 0.15) is 30.5 Å². The summed E-state index contributed by atoms with van der Waals surface area (Å²) in [7, 11) is 0. The number of ether oxygens (including phenoxy) is 1. The fraction of sp³-hybridized carbons (Fsp3) is 0.375. The summed E-state index contributed by atoms with van der Waals surface area (Å²) in [6, 6.07) is 7.75. The summed E-state index contributed by atoms with van der Waals surface area (Å²) in [6.07, 6.45) is 3.77. The molecule has 1 aromatic carbocycles. The first kappa shape index (κ1) is 14.1. The van der Waals surface area contributed by atoms with Crippen molar-refractivity contribution in [3.05, 3.63) is 42.2 Å². The molecule has 0 aliphatic carbocycles. The molecule has 23 heavy (non-hydrogen) atoms. The van der Waals surface area contributed by atoms with Crippen molar-refractivity contribution in [2.24, 2.45) is 0 Å². The van der Waals surface area contributed by atoms with Gasteiger partial charge in [0.2, 0.25) is 11.8 Å². The highest BCUT2D eigenvalue weighted by molar-refractivity contribution is 5.75. The van der Waals surface area contributed by atoms with Gasteiger partial charge in [0.25, 0.3) is 0 Å². The summed E-state index contributed by atoms with van der Waals surface area (Å²) in [4.78, 5) is 8.87. The van der Waals surface area contributed by atoms with E-state index in [4.69, 9.17) is 9.15 Å². The third kappa shape index (κ3) is 3.14. The third-order valence-electron chi connectivity index (χ3n) is 3.86. The molecule has 1 atom stereocenters. The van der Waals surface area contributed by atoms with E-state index in [1.54, 1.807) is 6.20 Å². The van der Waals surface area contributed by atoms with Crippen molar-refractivity contribution < 1.29 is 9.15 Å². The number of hydrogen-bond donors (Lipinski definition) is 1. The number of nitrogens with one attached hydrogen (secondary N) is 1. The maximum atomic E-state index is 5.72. The second kappa shape index (κ2) is 6.29. The molecular formula is C16H17N5O2. The van der Waals surface area contributed by atoms with Crippen LogP contribution < -0.4 is 5.32 Å². The molecule has 1 aliphatic heterocycles. The Morgan fingerprint density at radius 3 is 2.96 bits per heavy atom. The predicted octanol–water partition coefficient (Wildman–Crippen LogP) is 2.52. The molecule has 0 saturated carbocycles. The molecule has 2 aromatic heterocycles. The third-order valence-corrected chi connectivity index (χ3v) is 3.86. The van der Waals surface area contributed by atoms with Crippen LogP contribution in [0.5, 0.6) is 0 Å². The van der Waals surface area contributed by atoms with E-state index in [2.05, 4.69) is 25.5 Å². The van der Waals surface area contributed by atoms with Crippen molar-refractivity contribution in [3.63, 3.8) is 0 Å². The summed E-state index contributed by atoms with van der Waals surface area (Å²) in [5.74, 6) is 2.10. The topological polar surface area (TPSA) is 86.0 Å². The second-order valence-electron chi connectivity index (χ2n) is 5.55. The van der Waals surface area contributed by atoms with E-state index in [-0.39, 0.29) is 5.92 Å². The molecule has 3 heterocycles. The van der Waals surface area contributed by atoms with E-state index in [9.17, 15) is 0 Å². The van der Waals surface area contributed by atoms with Gasteiger partial charge in [0, 0.05) is 6.61 Å². The lowest BCUT2D eigenvalue weighted by Gasteiger charge is -2.18. The van der Waals surface area contributed by atoms with Crippen LogP contribution >= 0.6 is 0 Å². The SMILES string of the molecule is c1ccc2nc(NCc3nnc(C4CCCOC4)o3)cnc2c1. The van der Waals surface area contributed by atoms with Crippen molar-refractivity contribution in [2.45, 2.75) is 25.3 Å². The lowest BCUT2D eigenvalue weighted by Crippen LogP contribution is -2.15. The van der Waals surface area contributed by atoms with Crippen LogP contribution in [0, 0.1) is 0 Å². The van der Waals surface area contributed by atoms with Crippen LogP contribution in [0.25, 0.3) is 11.0 Å². The Labute approximate surface area is 133 Å². The smallest absolute Gasteiger partial charge is 0.235 e. The van der Waals surface area contributed by atoms with Crippen molar-refractivity contribution in [2.75, 3.05) is 18.5 Å². The van der Waals surface area contributed by atoms with Gasteiger partial charge >= 0.3 is 0 Å². The van der Waals surface area contributed by atoms with Gasteiger partial charge < -0.3 is 14.5 Å². The highest BCUT2D eigenvalue weighted by atomic mass is 16.5. The minimum atomic E-state index is 0.213. The Balaban J connectivity index is 1.42. The molecule has 0 bridgehead atoms. The quantitative estimate of drug-likeness (QED) is 0.792. The van der Waals surface area contributed by atoms with Gasteiger partial charge in [-0.1, -0.05) is 12.1 Å². The van der Waals surface area contributed by atoms with E-state index in [1.165, 1.54) is 0 Å². The van der Waals surface area contributed by atoms with Gasteiger partial charge in [0.1, 0.15) is 5.82 Å². The zero-order valence-corrected chi connectivity index (χ0v) is 12.6. The van der Waals surface area contributed by atoms with Gasteiger partial charge in [0.15, 0.2) is 0 Å². The summed E-state index contributed by atoms with van der Waals surface area (Å²) >= 11 is 0. The Morgan fingerprint density at radius 2 is 2.09 bits per heavy atom. The predicted molar refractivity (Wildman–Crippen MR) is 84.0 cm³/mol. The van der Waals surface area contributed by atoms with Crippen molar-refractivity contribution in [1.82, 2.24) is 20.2 Å². The Hall–Kier alpha value is -2.54. The van der Waals surface area contributed by atoms with Crippen LogP contribution in [0.4, 0.5) is 5.82 Å². The molecule has 0 spiro atoms. The minimum absolute atomic E-state index is 0.213. The largest absolute Gasteiger partial charge is 0.423 e. The van der Waals surface area contributed by atoms with E-state index in [0.717, 1.165) is 30.5 Å². The molecule has 0 radical (unpaired) electrons. The normalized spacial score (nSPS) is 18.2. The molecule has 7 heteroatoms. The van der Waals surface area contributed by atoms with Crippen LogP contribution in [0.15, 0.2) is 34.9 Å². The fourth-order valence-corrected chi connectivity index (χ4v) is 2.65. The maximum Gasteiger partial charge on any atom is 0.235 e. The number of fused-ring (bicyclic) bond motifs is 1. The number of rotatable bonds is 4. The standard InChI is InChI=1S/C16H17N5O2/c1-2-6-13-12(5-1)17-8-14(19-13)18-9-15-20-21-16(23-15)11-4-3-7-22-10-11/h1-2,5-6,8,11H,3-4,7,9-10H2,(H,18,19). The fourth-order valence-electron chi connectivity index (χ4n) is 2.65. The maximum absolute atomic E-state index is 5.72. The molecule has 1 saturated heterocycles. The number of aromatic nitrogens is 4. The summed E-state index contributed by atoms with van der Waals surface area (Å²) < 4.78 is 11.2. The average molecular weight is 311 g/mol. The lowest BCUT2D eigenvalue weighted by atomic mass is 10.0. The molecule has 7 nitrogen and oxygen atoms in total. The van der Waals surface area contributed by atoms with Gasteiger partial charge in [0.05, 0.1) is 36.3 Å². The minimum Gasteiger partial charge on any atom is -0.423 e. The van der Waals surface area contributed by atoms with E-state index < -0.39 is 0 Å². The zero-order valence-electron chi connectivity index (χ0n) is 12.6. The molecule has 1 unspecified atom stereocenters. The van der Waals surface area contributed by atoms with Gasteiger partial charge in [-0.25, -0.2) is 4.98 Å². The number of anilines is 1. The van der Waals surface area contributed by atoms with E-state index in [0.29, 0.717) is 30.8 Å². The average Bonchev–Trinajstić information content (AvgIpc) is 3.10. The van der Waals surface area contributed by atoms with Gasteiger partial charge in [-0.2, -0.15) is 0 Å². The number of nitrogens with zero attached hydrogens (tertiary/aromatic N) is 4. The lowest BCUT2D eigenvalue weighted by molar-refractivity contribution is 0.0722. The molecule has 1 fully saturated rings.